The molecule has 0 aromatic carbocycles. The third-order valence-electron chi connectivity index (χ3n) is 1.92. The summed E-state index contributed by atoms with van der Waals surface area (Å²) < 4.78 is 7.25. The van der Waals surface area contributed by atoms with Gasteiger partial charge in [0, 0.05) is 12.8 Å². The Kier molecular flexibility index (Phi) is 3.31. The Bertz CT molecular complexity index is 270. The first kappa shape index (κ1) is 10.1. The van der Waals surface area contributed by atoms with Crippen molar-refractivity contribution < 1.29 is 4.74 Å². The number of hydrogen-bond donors (Lipinski definition) is 1. The molecule has 0 radical (unpaired) electrons. The maximum absolute atomic E-state index is 5.71. The Hall–Kier alpha value is -1.03. The number of aryl methyl sites for hydroxylation is 1. The first-order chi connectivity index (χ1) is 6.15. The van der Waals surface area contributed by atoms with Crippen LogP contribution < -0.4 is 5.73 Å². The van der Waals surface area contributed by atoms with Crippen LogP contribution in [0, 0.1) is 6.92 Å². The quantitative estimate of drug-likeness (QED) is 0.767. The molecule has 4 nitrogen and oxygen atoms in total. The number of imidazole rings is 1. The molecular weight excluding hydrogens is 166 g/mol. The number of ether oxygens (including phenoxy) is 1. The number of nitrogens with zero attached hydrogens (tertiary/aromatic N) is 2. The van der Waals surface area contributed by atoms with E-state index in [1.807, 2.05) is 24.6 Å². The van der Waals surface area contributed by atoms with Crippen LogP contribution in [0.1, 0.15) is 25.6 Å². The first-order valence-corrected chi connectivity index (χ1v) is 4.53. The van der Waals surface area contributed by atoms with E-state index in [1.165, 1.54) is 0 Å². The van der Waals surface area contributed by atoms with Crippen LogP contribution >= 0.6 is 0 Å². The zero-order chi connectivity index (χ0) is 9.84. The number of rotatable bonds is 4. The summed E-state index contributed by atoms with van der Waals surface area (Å²) >= 11 is 0. The largest absolute Gasteiger partial charge is 0.380 e. The molecule has 0 aliphatic carbocycles. The van der Waals surface area contributed by atoms with Crippen molar-refractivity contribution in [2.24, 2.45) is 0 Å². The Morgan fingerprint density at radius 3 is 2.85 bits per heavy atom. The van der Waals surface area contributed by atoms with Gasteiger partial charge in [0.05, 0.1) is 18.3 Å². The molecule has 1 unspecified atom stereocenters. The minimum atomic E-state index is 0.251. The molecule has 0 aliphatic heterocycles. The minimum Gasteiger partial charge on any atom is -0.380 e. The second kappa shape index (κ2) is 4.28. The molecule has 1 heterocycles. The summed E-state index contributed by atoms with van der Waals surface area (Å²) in [7, 11) is 0. The maximum Gasteiger partial charge on any atom is 0.200 e. The lowest BCUT2D eigenvalue weighted by molar-refractivity contribution is 0.119. The van der Waals surface area contributed by atoms with E-state index < -0.39 is 0 Å². The molecule has 0 fully saturated rings. The molecule has 1 rings (SSSR count). The Morgan fingerprint density at radius 1 is 1.69 bits per heavy atom. The van der Waals surface area contributed by atoms with Gasteiger partial charge in [0.15, 0.2) is 0 Å². The van der Waals surface area contributed by atoms with Crippen LogP contribution in [0.3, 0.4) is 0 Å². The zero-order valence-corrected chi connectivity index (χ0v) is 8.45. The van der Waals surface area contributed by atoms with E-state index in [1.54, 1.807) is 0 Å². The number of anilines is 1. The van der Waals surface area contributed by atoms with Gasteiger partial charge in [-0.2, -0.15) is 0 Å². The molecule has 2 N–H and O–H groups in total. The van der Waals surface area contributed by atoms with Gasteiger partial charge in [-0.1, -0.05) is 0 Å². The molecule has 0 amide bonds. The van der Waals surface area contributed by atoms with E-state index in [0.29, 0.717) is 12.6 Å². The molecule has 13 heavy (non-hydrogen) atoms. The van der Waals surface area contributed by atoms with Gasteiger partial charge < -0.3 is 15.0 Å². The summed E-state index contributed by atoms with van der Waals surface area (Å²) in [5.41, 5.74) is 6.66. The highest BCUT2D eigenvalue weighted by molar-refractivity contribution is 5.22. The van der Waals surface area contributed by atoms with Crippen molar-refractivity contribution in [1.82, 2.24) is 9.55 Å². The van der Waals surface area contributed by atoms with Gasteiger partial charge in [0.2, 0.25) is 5.95 Å². The Labute approximate surface area is 78.7 Å². The number of nitrogens with two attached hydrogens (primary N) is 1. The second-order valence-corrected chi connectivity index (χ2v) is 3.16. The standard InChI is InChI=1S/C9H17N3O/c1-4-13-6-8(3)12-5-7(2)11-9(12)10/h5,8H,4,6H2,1-3H3,(H2,10,11). The average molecular weight is 183 g/mol. The van der Waals surface area contributed by atoms with Gasteiger partial charge >= 0.3 is 0 Å². The van der Waals surface area contributed by atoms with Crippen LogP contribution in [0.5, 0.6) is 0 Å². The average Bonchev–Trinajstić information content (AvgIpc) is 2.41. The Morgan fingerprint density at radius 2 is 2.38 bits per heavy atom. The van der Waals surface area contributed by atoms with E-state index in [-0.39, 0.29) is 6.04 Å². The van der Waals surface area contributed by atoms with Crippen LogP contribution in [0.15, 0.2) is 6.20 Å². The molecule has 74 valence electrons. The number of nitrogen functional groups attached to an aromatic ring is 1. The SMILES string of the molecule is CCOCC(C)n1cc(C)nc1N. The van der Waals surface area contributed by atoms with Crippen LogP contribution in [0.4, 0.5) is 5.95 Å². The van der Waals surface area contributed by atoms with E-state index in [4.69, 9.17) is 10.5 Å². The lowest BCUT2D eigenvalue weighted by Gasteiger charge is -2.13. The highest BCUT2D eigenvalue weighted by Gasteiger charge is 2.08. The third kappa shape index (κ3) is 2.45. The van der Waals surface area contributed by atoms with E-state index in [2.05, 4.69) is 11.9 Å². The maximum atomic E-state index is 5.71. The van der Waals surface area contributed by atoms with Gasteiger partial charge in [-0.3, -0.25) is 0 Å². The predicted octanol–water partition coefficient (Wildman–Crippen LogP) is 1.37. The van der Waals surface area contributed by atoms with Crippen LogP contribution in [-0.2, 0) is 4.74 Å². The normalized spacial score (nSPS) is 13.2. The van der Waals surface area contributed by atoms with Crippen molar-refractivity contribution in [2.45, 2.75) is 26.8 Å². The van der Waals surface area contributed by atoms with Gasteiger partial charge in [0.1, 0.15) is 0 Å². The van der Waals surface area contributed by atoms with Crippen molar-refractivity contribution in [1.29, 1.82) is 0 Å². The van der Waals surface area contributed by atoms with E-state index in [0.717, 1.165) is 12.3 Å². The van der Waals surface area contributed by atoms with Crippen LogP contribution in [-0.4, -0.2) is 22.8 Å². The number of aromatic nitrogens is 2. The molecule has 1 atom stereocenters. The van der Waals surface area contributed by atoms with Crippen molar-refractivity contribution >= 4 is 5.95 Å². The summed E-state index contributed by atoms with van der Waals surface area (Å²) in [6.07, 6.45) is 1.94. The van der Waals surface area contributed by atoms with Crippen molar-refractivity contribution in [3.8, 4) is 0 Å². The molecule has 0 spiro atoms. The second-order valence-electron chi connectivity index (χ2n) is 3.16. The van der Waals surface area contributed by atoms with E-state index >= 15 is 0 Å². The van der Waals surface area contributed by atoms with Crippen molar-refractivity contribution in [3.05, 3.63) is 11.9 Å². The number of hydrogen-bond acceptors (Lipinski definition) is 3. The fourth-order valence-electron chi connectivity index (χ4n) is 1.26. The lowest BCUT2D eigenvalue weighted by Crippen LogP contribution is -2.13. The molecule has 1 aromatic rings. The smallest absolute Gasteiger partial charge is 0.200 e. The molecule has 4 heteroatoms. The van der Waals surface area contributed by atoms with Crippen molar-refractivity contribution in [2.75, 3.05) is 18.9 Å². The highest BCUT2D eigenvalue weighted by Crippen LogP contribution is 2.13. The third-order valence-corrected chi connectivity index (χ3v) is 1.92. The topological polar surface area (TPSA) is 53.1 Å². The first-order valence-electron chi connectivity index (χ1n) is 4.53. The fourth-order valence-corrected chi connectivity index (χ4v) is 1.26. The summed E-state index contributed by atoms with van der Waals surface area (Å²) in [6, 6.07) is 0.251. The van der Waals surface area contributed by atoms with Crippen LogP contribution in [0.25, 0.3) is 0 Å². The monoisotopic (exact) mass is 183 g/mol. The summed E-state index contributed by atoms with van der Waals surface area (Å²) in [5.74, 6) is 0.560. The predicted molar refractivity (Wildman–Crippen MR) is 52.6 cm³/mol. The molecule has 0 saturated carbocycles. The molecular formula is C9H17N3O. The Balaban J connectivity index is 2.64. The van der Waals surface area contributed by atoms with Crippen LogP contribution in [0.2, 0.25) is 0 Å². The summed E-state index contributed by atoms with van der Waals surface area (Å²) in [4.78, 5) is 4.13. The summed E-state index contributed by atoms with van der Waals surface area (Å²) in [6.45, 7) is 7.39. The molecule has 0 bridgehead atoms. The summed E-state index contributed by atoms with van der Waals surface area (Å²) in [5, 5.41) is 0. The molecule has 0 aliphatic rings. The van der Waals surface area contributed by atoms with Gasteiger partial charge in [-0.25, -0.2) is 4.98 Å². The van der Waals surface area contributed by atoms with Gasteiger partial charge in [-0.15, -0.1) is 0 Å². The molecule has 1 aromatic heterocycles. The minimum absolute atomic E-state index is 0.251. The van der Waals surface area contributed by atoms with Gasteiger partial charge in [0.25, 0.3) is 0 Å². The highest BCUT2D eigenvalue weighted by atomic mass is 16.5. The zero-order valence-electron chi connectivity index (χ0n) is 8.45. The lowest BCUT2D eigenvalue weighted by atomic mass is 10.3. The van der Waals surface area contributed by atoms with Gasteiger partial charge in [-0.05, 0) is 20.8 Å². The molecule has 0 saturated heterocycles. The van der Waals surface area contributed by atoms with Crippen molar-refractivity contribution in [3.63, 3.8) is 0 Å². The van der Waals surface area contributed by atoms with E-state index in [9.17, 15) is 0 Å². The fraction of sp³-hybridized carbons (Fsp3) is 0.667.